The number of ether oxygens (including phenoxy) is 5. The second-order valence-corrected chi connectivity index (χ2v) is 7.36. The van der Waals surface area contributed by atoms with Gasteiger partial charge in [-0.1, -0.05) is 6.07 Å². The molecule has 172 valence electrons. The first-order chi connectivity index (χ1) is 15.5. The molecule has 8 nitrogen and oxygen atoms in total. The van der Waals surface area contributed by atoms with Gasteiger partial charge in [-0.3, -0.25) is 4.79 Å². The van der Waals surface area contributed by atoms with E-state index >= 15 is 0 Å². The van der Waals surface area contributed by atoms with Gasteiger partial charge in [0.15, 0.2) is 11.5 Å². The first kappa shape index (κ1) is 23.2. The zero-order valence-corrected chi connectivity index (χ0v) is 18.9. The van der Waals surface area contributed by atoms with E-state index in [0.717, 1.165) is 12.0 Å². The van der Waals surface area contributed by atoms with Crippen molar-refractivity contribution in [2.24, 2.45) is 0 Å². The van der Waals surface area contributed by atoms with E-state index in [1.807, 2.05) is 18.2 Å². The highest BCUT2D eigenvalue weighted by atomic mass is 16.5. The van der Waals surface area contributed by atoms with E-state index in [4.69, 9.17) is 23.7 Å². The van der Waals surface area contributed by atoms with Gasteiger partial charge < -0.3 is 28.6 Å². The van der Waals surface area contributed by atoms with Crippen molar-refractivity contribution in [3.05, 3.63) is 47.5 Å². The highest BCUT2D eigenvalue weighted by Gasteiger charge is 2.36. The average Bonchev–Trinajstić information content (AvgIpc) is 3.33. The van der Waals surface area contributed by atoms with Crippen LogP contribution in [0.1, 0.15) is 28.8 Å². The van der Waals surface area contributed by atoms with Gasteiger partial charge in [0.05, 0.1) is 35.0 Å². The number of rotatable bonds is 9. The van der Waals surface area contributed by atoms with Gasteiger partial charge >= 0.3 is 5.97 Å². The Morgan fingerprint density at radius 1 is 0.906 bits per heavy atom. The molecule has 1 amide bonds. The van der Waals surface area contributed by atoms with Gasteiger partial charge in [-0.25, -0.2) is 4.79 Å². The standard InChI is InChI=1S/C24H29NO7/c1-28-18-13-17(14-19(15-18)29-2)23(26)25-10-5-6-20(25)24(27)32-11-9-16-7-8-21(30-3)22(12-16)31-4/h7-8,12-15,20H,5-6,9-11H2,1-4H3/t20-/m0/s1. The molecule has 0 N–H and O–H groups in total. The number of amides is 1. The van der Waals surface area contributed by atoms with E-state index in [9.17, 15) is 9.59 Å². The monoisotopic (exact) mass is 443 g/mol. The minimum atomic E-state index is -0.606. The molecule has 0 bridgehead atoms. The van der Waals surface area contributed by atoms with Crippen LogP contribution in [0.15, 0.2) is 36.4 Å². The molecule has 3 rings (SSSR count). The lowest BCUT2D eigenvalue weighted by atomic mass is 10.1. The quantitative estimate of drug-likeness (QED) is 0.551. The number of esters is 1. The lowest BCUT2D eigenvalue weighted by Crippen LogP contribution is -2.41. The number of methoxy groups -OCH3 is 4. The number of carbonyl (C=O) groups is 2. The van der Waals surface area contributed by atoms with E-state index in [1.54, 1.807) is 37.3 Å². The fourth-order valence-electron chi connectivity index (χ4n) is 3.75. The normalized spacial score (nSPS) is 15.2. The summed E-state index contributed by atoms with van der Waals surface area (Å²) in [6.45, 7) is 0.702. The molecular weight excluding hydrogens is 414 g/mol. The van der Waals surface area contributed by atoms with E-state index in [-0.39, 0.29) is 12.5 Å². The summed E-state index contributed by atoms with van der Waals surface area (Å²) < 4.78 is 26.6. The molecule has 1 aliphatic rings. The largest absolute Gasteiger partial charge is 0.497 e. The molecule has 1 heterocycles. The van der Waals surface area contributed by atoms with Crippen molar-refractivity contribution in [2.45, 2.75) is 25.3 Å². The molecular formula is C24H29NO7. The SMILES string of the molecule is COc1cc(OC)cc(C(=O)N2CCC[C@H]2C(=O)OCCc2ccc(OC)c(OC)c2)c1. The van der Waals surface area contributed by atoms with Crippen molar-refractivity contribution in [3.8, 4) is 23.0 Å². The van der Waals surface area contributed by atoms with Crippen LogP contribution in [0.2, 0.25) is 0 Å². The molecule has 32 heavy (non-hydrogen) atoms. The molecule has 1 atom stereocenters. The van der Waals surface area contributed by atoms with E-state index in [1.165, 1.54) is 14.2 Å². The Kier molecular flexibility index (Phi) is 7.81. The predicted molar refractivity (Wildman–Crippen MR) is 118 cm³/mol. The second-order valence-electron chi connectivity index (χ2n) is 7.36. The van der Waals surface area contributed by atoms with E-state index < -0.39 is 12.0 Å². The zero-order chi connectivity index (χ0) is 23.1. The third-order valence-electron chi connectivity index (χ3n) is 5.47. The van der Waals surface area contributed by atoms with E-state index in [0.29, 0.717) is 47.9 Å². The molecule has 2 aromatic rings. The van der Waals surface area contributed by atoms with Gasteiger partial charge in [0.25, 0.3) is 5.91 Å². The van der Waals surface area contributed by atoms with E-state index in [2.05, 4.69) is 0 Å². The summed E-state index contributed by atoms with van der Waals surface area (Å²) in [6.07, 6.45) is 1.84. The molecule has 8 heteroatoms. The highest BCUT2D eigenvalue weighted by Crippen LogP contribution is 2.28. The number of hydrogen-bond acceptors (Lipinski definition) is 7. The first-order valence-electron chi connectivity index (χ1n) is 10.4. The van der Waals surface area contributed by atoms with Crippen molar-refractivity contribution in [3.63, 3.8) is 0 Å². The topological polar surface area (TPSA) is 83.5 Å². The maximum atomic E-state index is 13.1. The van der Waals surface area contributed by atoms with Crippen molar-refractivity contribution in [2.75, 3.05) is 41.6 Å². The maximum absolute atomic E-state index is 13.1. The average molecular weight is 443 g/mol. The number of carbonyl (C=O) groups excluding carboxylic acids is 2. The van der Waals surface area contributed by atoms with Crippen LogP contribution in [-0.2, 0) is 16.0 Å². The molecule has 2 aromatic carbocycles. The van der Waals surface area contributed by atoms with Gasteiger partial charge in [-0.15, -0.1) is 0 Å². The highest BCUT2D eigenvalue weighted by molar-refractivity contribution is 5.97. The van der Waals surface area contributed by atoms with Gasteiger partial charge in [0.2, 0.25) is 0 Å². The van der Waals surface area contributed by atoms with Crippen LogP contribution in [0.25, 0.3) is 0 Å². The summed E-state index contributed by atoms with van der Waals surface area (Å²) in [5.41, 5.74) is 1.37. The minimum Gasteiger partial charge on any atom is -0.497 e. The Bertz CT molecular complexity index is 937. The maximum Gasteiger partial charge on any atom is 0.328 e. The second kappa shape index (κ2) is 10.7. The third-order valence-corrected chi connectivity index (χ3v) is 5.47. The molecule has 1 fully saturated rings. The summed E-state index contributed by atoms with van der Waals surface area (Å²) in [7, 11) is 6.20. The Morgan fingerprint density at radius 3 is 2.22 bits per heavy atom. The van der Waals surface area contributed by atoms with Crippen LogP contribution in [0.4, 0.5) is 0 Å². The summed E-state index contributed by atoms with van der Waals surface area (Å²) in [5.74, 6) is 1.65. The summed E-state index contributed by atoms with van der Waals surface area (Å²) in [5, 5.41) is 0. The molecule has 0 spiro atoms. The van der Waals surface area contributed by atoms with Crippen LogP contribution in [0.3, 0.4) is 0 Å². The summed E-state index contributed by atoms with van der Waals surface area (Å²) in [4.78, 5) is 27.4. The number of benzene rings is 2. The lowest BCUT2D eigenvalue weighted by Gasteiger charge is -2.23. The lowest BCUT2D eigenvalue weighted by molar-refractivity contribution is -0.148. The molecule has 0 aliphatic carbocycles. The molecule has 0 radical (unpaired) electrons. The summed E-state index contributed by atoms with van der Waals surface area (Å²) >= 11 is 0. The smallest absolute Gasteiger partial charge is 0.328 e. The van der Waals surface area contributed by atoms with Crippen LogP contribution in [0.5, 0.6) is 23.0 Å². The molecule has 0 saturated carbocycles. The Balaban J connectivity index is 1.62. The van der Waals surface area contributed by atoms with Crippen molar-refractivity contribution < 1.29 is 33.3 Å². The number of likely N-dealkylation sites (tertiary alicyclic amines) is 1. The van der Waals surface area contributed by atoms with Crippen LogP contribution < -0.4 is 18.9 Å². The van der Waals surface area contributed by atoms with Crippen LogP contribution >= 0.6 is 0 Å². The van der Waals surface area contributed by atoms with Gasteiger partial charge in [0.1, 0.15) is 17.5 Å². The fourth-order valence-corrected chi connectivity index (χ4v) is 3.75. The van der Waals surface area contributed by atoms with Crippen molar-refractivity contribution in [1.29, 1.82) is 0 Å². The molecule has 1 saturated heterocycles. The Labute approximate surface area is 188 Å². The van der Waals surface area contributed by atoms with Crippen LogP contribution in [0, 0.1) is 0 Å². The molecule has 0 unspecified atom stereocenters. The molecule has 1 aliphatic heterocycles. The summed E-state index contributed by atoms with van der Waals surface area (Å²) in [6, 6.07) is 9.94. The number of nitrogens with zero attached hydrogens (tertiary/aromatic N) is 1. The molecule has 0 aromatic heterocycles. The third kappa shape index (κ3) is 5.25. The van der Waals surface area contributed by atoms with Gasteiger partial charge in [-0.05, 0) is 42.7 Å². The minimum absolute atomic E-state index is 0.208. The Morgan fingerprint density at radius 2 is 1.59 bits per heavy atom. The van der Waals surface area contributed by atoms with Crippen molar-refractivity contribution in [1.82, 2.24) is 4.90 Å². The zero-order valence-electron chi connectivity index (χ0n) is 18.9. The van der Waals surface area contributed by atoms with Crippen molar-refractivity contribution >= 4 is 11.9 Å². The van der Waals surface area contributed by atoms with Crippen LogP contribution in [-0.4, -0.2) is 64.4 Å². The Hall–Kier alpha value is -3.42. The fraction of sp³-hybridized carbons (Fsp3) is 0.417. The number of hydrogen-bond donors (Lipinski definition) is 0. The van der Waals surface area contributed by atoms with Gasteiger partial charge in [0, 0.05) is 24.6 Å². The predicted octanol–water partition coefficient (Wildman–Crippen LogP) is 3.11. The first-order valence-corrected chi connectivity index (χ1v) is 10.4. The van der Waals surface area contributed by atoms with Gasteiger partial charge in [-0.2, -0.15) is 0 Å².